The number of ether oxygens (including phenoxy) is 1. The quantitative estimate of drug-likeness (QED) is 0.618. The van der Waals surface area contributed by atoms with Crippen LogP contribution in [0.1, 0.15) is 21.1 Å². The van der Waals surface area contributed by atoms with Crippen LogP contribution in [0.3, 0.4) is 0 Å². The van der Waals surface area contributed by atoms with E-state index in [1.54, 1.807) is 30.5 Å². The maximum atomic E-state index is 12.2. The van der Waals surface area contributed by atoms with E-state index in [0.29, 0.717) is 19.0 Å². The third kappa shape index (κ3) is 5.45. The van der Waals surface area contributed by atoms with Crippen LogP contribution in [0.4, 0.5) is 8.78 Å². The molecule has 0 saturated carbocycles. The highest BCUT2D eigenvalue weighted by Crippen LogP contribution is 2.17. The van der Waals surface area contributed by atoms with Crippen LogP contribution in [0, 0.1) is 13.8 Å². The summed E-state index contributed by atoms with van der Waals surface area (Å²) in [5.41, 5.74) is 1.83. The van der Waals surface area contributed by atoms with Crippen molar-refractivity contribution < 1.29 is 13.5 Å². The molecule has 0 atom stereocenters. The van der Waals surface area contributed by atoms with Crippen LogP contribution in [0.25, 0.3) is 0 Å². The molecule has 2 N–H and O–H groups in total. The molecule has 0 aliphatic carbocycles. The van der Waals surface area contributed by atoms with Crippen molar-refractivity contribution >= 4 is 17.3 Å². The van der Waals surface area contributed by atoms with Gasteiger partial charge in [-0.2, -0.15) is 8.78 Å². The first-order valence-corrected chi connectivity index (χ1v) is 8.20. The number of alkyl halides is 2. The number of benzene rings is 1. The maximum absolute atomic E-state index is 12.2. The number of rotatable bonds is 6. The highest BCUT2D eigenvalue weighted by molar-refractivity contribution is 7.11. The summed E-state index contributed by atoms with van der Waals surface area (Å²) >= 11 is 1.64. The van der Waals surface area contributed by atoms with Crippen molar-refractivity contribution in [3.63, 3.8) is 0 Å². The Morgan fingerprint density at radius 1 is 1.29 bits per heavy atom. The number of aryl methyl sites for hydroxylation is 2. The molecule has 24 heavy (non-hydrogen) atoms. The predicted molar refractivity (Wildman–Crippen MR) is 91.7 cm³/mol. The van der Waals surface area contributed by atoms with Crippen LogP contribution >= 0.6 is 11.3 Å². The number of aromatic nitrogens is 1. The molecule has 0 spiro atoms. The first-order valence-electron chi connectivity index (χ1n) is 7.39. The molecular weight excluding hydrogens is 334 g/mol. The monoisotopic (exact) mass is 354 g/mol. The maximum Gasteiger partial charge on any atom is 0.387 e. The van der Waals surface area contributed by atoms with Crippen molar-refractivity contribution in [2.75, 3.05) is 7.05 Å². The van der Waals surface area contributed by atoms with Gasteiger partial charge in [0.15, 0.2) is 5.96 Å². The van der Waals surface area contributed by atoms with Crippen molar-refractivity contribution in [2.45, 2.75) is 33.5 Å². The number of nitrogens with one attached hydrogen (secondary N) is 2. The van der Waals surface area contributed by atoms with E-state index in [1.807, 2.05) is 19.9 Å². The normalized spacial score (nSPS) is 11.7. The number of aliphatic imine (C=N–C) groups is 1. The van der Waals surface area contributed by atoms with Gasteiger partial charge in [-0.3, -0.25) is 4.99 Å². The molecule has 0 aliphatic rings. The van der Waals surface area contributed by atoms with Gasteiger partial charge in [0, 0.05) is 18.5 Å². The summed E-state index contributed by atoms with van der Waals surface area (Å²) in [7, 11) is 1.68. The second-order valence-electron chi connectivity index (χ2n) is 5.05. The summed E-state index contributed by atoms with van der Waals surface area (Å²) < 4.78 is 28.9. The number of halogens is 2. The van der Waals surface area contributed by atoms with Crippen molar-refractivity contribution in [3.8, 4) is 5.75 Å². The standard InChI is InChI=1S/C16H20F2N4OS/c1-10-14(24-11(2)22-10)9-21-16(19-3)20-8-12-5-4-6-13(7-12)23-15(17)18/h4-7,15H,8-9H2,1-3H3,(H2,19,20,21). The van der Waals surface area contributed by atoms with Gasteiger partial charge in [0.1, 0.15) is 5.75 Å². The van der Waals surface area contributed by atoms with Crippen molar-refractivity contribution in [3.05, 3.63) is 45.4 Å². The summed E-state index contributed by atoms with van der Waals surface area (Å²) in [5, 5.41) is 7.39. The van der Waals surface area contributed by atoms with Gasteiger partial charge in [-0.1, -0.05) is 12.1 Å². The van der Waals surface area contributed by atoms with Crippen molar-refractivity contribution in [2.24, 2.45) is 4.99 Å². The minimum atomic E-state index is -2.83. The molecule has 130 valence electrons. The highest BCUT2D eigenvalue weighted by Gasteiger charge is 2.07. The summed E-state index contributed by atoms with van der Waals surface area (Å²) in [4.78, 5) is 9.69. The molecule has 1 aromatic heterocycles. The van der Waals surface area contributed by atoms with Crippen LogP contribution in [0.2, 0.25) is 0 Å². The van der Waals surface area contributed by atoms with Gasteiger partial charge in [0.2, 0.25) is 0 Å². The molecule has 2 aromatic rings. The lowest BCUT2D eigenvalue weighted by atomic mass is 10.2. The number of hydrogen-bond acceptors (Lipinski definition) is 4. The van der Waals surface area contributed by atoms with E-state index >= 15 is 0 Å². The van der Waals surface area contributed by atoms with Gasteiger partial charge in [0.25, 0.3) is 0 Å². The molecule has 0 unspecified atom stereocenters. The second kappa shape index (κ2) is 8.58. The van der Waals surface area contributed by atoms with E-state index in [1.165, 1.54) is 6.07 Å². The average molecular weight is 354 g/mol. The Hall–Kier alpha value is -2.22. The molecule has 0 fully saturated rings. The van der Waals surface area contributed by atoms with Crippen LogP contribution in [-0.2, 0) is 13.1 Å². The largest absolute Gasteiger partial charge is 0.435 e. The Labute approximate surface area is 143 Å². The second-order valence-corrected chi connectivity index (χ2v) is 6.33. The molecule has 1 aromatic carbocycles. The molecule has 2 rings (SSSR count). The zero-order valence-electron chi connectivity index (χ0n) is 13.8. The lowest BCUT2D eigenvalue weighted by molar-refractivity contribution is -0.0498. The van der Waals surface area contributed by atoms with E-state index < -0.39 is 6.61 Å². The molecule has 1 heterocycles. The Kier molecular flexibility index (Phi) is 6.48. The zero-order valence-corrected chi connectivity index (χ0v) is 14.6. The molecule has 0 saturated heterocycles. The highest BCUT2D eigenvalue weighted by atomic mass is 32.1. The van der Waals surface area contributed by atoms with E-state index in [4.69, 9.17) is 0 Å². The fourth-order valence-electron chi connectivity index (χ4n) is 2.14. The Balaban J connectivity index is 1.88. The molecule has 0 radical (unpaired) electrons. The van der Waals surface area contributed by atoms with Crippen molar-refractivity contribution in [1.82, 2.24) is 15.6 Å². The van der Waals surface area contributed by atoms with Crippen molar-refractivity contribution in [1.29, 1.82) is 0 Å². The fourth-order valence-corrected chi connectivity index (χ4v) is 3.02. The van der Waals surface area contributed by atoms with Crippen LogP contribution in [0.5, 0.6) is 5.75 Å². The van der Waals surface area contributed by atoms with E-state index in [0.717, 1.165) is 21.1 Å². The van der Waals surface area contributed by atoms with Crippen LogP contribution in [0.15, 0.2) is 29.3 Å². The molecule has 8 heteroatoms. The SMILES string of the molecule is CN=C(NCc1cccc(OC(F)F)c1)NCc1sc(C)nc1C. The van der Waals surface area contributed by atoms with Gasteiger partial charge < -0.3 is 15.4 Å². The summed E-state index contributed by atoms with van der Waals surface area (Å²) in [6.07, 6.45) is 0. The Bertz CT molecular complexity index is 703. The minimum Gasteiger partial charge on any atom is -0.435 e. The molecule has 5 nitrogen and oxygen atoms in total. The number of hydrogen-bond donors (Lipinski definition) is 2. The summed E-state index contributed by atoms with van der Waals surface area (Å²) in [6, 6.07) is 6.57. The fraction of sp³-hybridized carbons (Fsp3) is 0.375. The molecule has 0 bridgehead atoms. The van der Waals surface area contributed by atoms with E-state index in [9.17, 15) is 8.78 Å². The van der Waals surface area contributed by atoms with Gasteiger partial charge >= 0.3 is 6.61 Å². The number of nitrogens with zero attached hydrogens (tertiary/aromatic N) is 2. The lowest BCUT2D eigenvalue weighted by Crippen LogP contribution is -2.36. The zero-order chi connectivity index (χ0) is 17.5. The Morgan fingerprint density at radius 2 is 2.04 bits per heavy atom. The van der Waals surface area contributed by atoms with Gasteiger partial charge in [0.05, 0.1) is 17.2 Å². The van der Waals surface area contributed by atoms with Crippen LogP contribution in [-0.4, -0.2) is 24.6 Å². The van der Waals surface area contributed by atoms with E-state index in [-0.39, 0.29) is 5.75 Å². The number of guanidine groups is 1. The smallest absolute Gasteiger partial charge is 0.387 e. The van der Waals surface area contributed by atoms with Gasteiger partial charge in [-0.15, -0.1) is 11.3 Å². The van der Waals surface area contributed by atoms with Crippen LogP contribution < -0.4 is 15.4 Å². The summed E-state index contributed by atoms with van der Waals surface area (Å²) in [6.45, 7) is 2.20. The lowest BCUT2D eigenvalue weighted by Gasteiger charge is -2.12. The predicted octanol–water partition coefficient (Wildman–Crippen LogP) is 3.23. The third-order valence-electron chi connectivity index (χ3n) is 3.22. The molecular formula is C16H20F2N4OS. The first kappa shape index (κ1) is 18.1. The van der Waals surface area contributed by atoms with E-state index in [2.05, 4.69) is 25.3 Å². The molecule has 0 aliphatic heterocycles. The van der Waals surface area contributed by atoms with Gasteiger partial charge in [-0.05, 0) is 31.5 Å². The summed E-state index contributed by atoms with van der Waals surface area (Å²) in [5.74, 6) is 0.767. The third-order valence-corrected chi connectivity index (χ3v) is 4.30. The number of thiazole rings is 1. The topological polar surface area (TPSA) is 58.5 Å². The molecule has 0 amide bonds. The van der Waals surface area contributed by atoms with Gasteiger partial charge in [-0.25, -0.2) is 4.98 Å². The minimum absolute atomic E-state index is 0.142. The Morgan fingerprint density at radius 3 is 2.67 bits per heavy atom. The average Bonchev–Trinajstić information content (AvgIpc) is 2.85. The first-order chi connectivity index (χ1) is 11.5.